The van der Waals surface area contributed by atoms with Crippen LogP contribution >= 0.6 is 11.6 Å². The number of aryl methyl sites for hydroxylation is 1. The molecule has 1 N–H and O–H groups in total. The highest BCUT2D eigenvalue weighted by Gasteiger charge is 2.03. The predicted octanol–water partition coefficient (Wildman–Crippen LogP) is 3.83. The minimum absolute atomic E-state index is 0.290. The number of pyridine rings is 1. The van der Waals surface area contributed by atoms with Crippen LogP contribution < -0.4 is 5.32 Å². The third-order valence-corrected chi connectivity index (χ3v) is 2.82. The van der Waals surface area contributed by atoms with Crippen LogP contribution in [0.25, 0.3) is 6.08 Å². The second kappa shape index (κ2) is 6.30. The van der Waals surface area contributed by atoms with E-state index in [1.54, 1.807) is 37.3 Å². The van der Waals surface area contributed by atoms with Crippen molar-refractivity contribution >= 4 is 29.3 Å². The van der Waals surface area contributed by atoms with Crippen molar-refractivity contribution in [1.82, 2.24) is 4.98 Å². The number of nitrogens with one attached hydrogen (secondary N) is 1. The number of amides is 1. The first kappa shape index (κ1) is 14.2. The Labute approximate surface area is 121 Å². The van der Waals surface area contributed by atoms with Gasteiger partial charge in [0, 0.05) is 6.08 Å². The van der Waals surface area contributed by atoms with E-state index >= 15 is 0 Å². The monoisotopic (exact) mass is 290 g/mol. The number of nitrogens with zero attached hydrogens (tertiary/aromatic N) is 1. The maximum atomic E-state index is 12.7. The van der Waals surface area contributed by atoms with Gasteiger partial charge in [-0.25, -0.2) is 9.37 Å². The van der Waals surface area contributed by atoms with Crippen LogP contribution in [0.15, 0.2) is 42.5 Å². The van der Waals surface area contributed by atoms with Crippen LogP contribution in [0.3, 0.4) is 0 Å². The van der Waals surface area contributed by atoms with E-state index < -0.39 is 0 Å². The van der Waals surface area contributed by atoms with Gasteiger partial charge in [-0.3, -0.25) is 4.79 Å². The van der Waals surface area contributed by atoms with Gasteiger partial charge in [-0.1, -0.05) is 23.7 Å². The fraction of sp³-hybridized carbons (Fsp3) is 0.0667. The second-order valence-corrected chi connectivity index (χ2v) is 4.53. The molecule has 0 fully saturated rings. The molecule has 3 nitrogen and oxygen atoms in total. The van der Waals surface area contributed by atoms with E-state index in [0.717, 1.165) is 5.56 Å². The number of aromatic nitrogens is 1. The first-order valence-electron chi connectivity index (χ1n) is 5.92. The van der Waals surface area contributed by atoms with Crippen LogP contribution in [0, 0.1) is 12.7 Å². The lowest BCUT2D eigenvalue weighted by molar-refractivity contribution is -0.111. The van der Waals surface area contributed by atoms with Crippen molar-refractivity contribution in [3.8, 4) is 0 Å². The fourth-order valence-corrected chi connectivity index (χ4v) is 1.77. The van der Waals surface area contributed by atoms with E-state index in [1.807, 2.05) is 0 Å². The minimum Gasteiger partial charge on any atom is -0.321 e. The van der Waals surface area contributed by atoms with Gasteiger partial charge < -0.3 is 5.32 Å². The summed E-state index contributed by atoms with van der Waals surface area (Å²) in [6.07, 6.45) is 2.98. The van der Waals surface area contributed by atoms with E-state index in [2.05, 4.69) is 10.3 Å². The molecule has 2 aromatic rings. The summed E-state index contributed by atoms with van der Waals surface area (Å²) in [7, 11) is 0. The van der Waals surface area contributed by atoms with E-state index in [0.29, 0.717) is 16.5 Å². The van der Waals surface area contributed by atoms with Crippen molar-refractivity contribution in [3.05, 3.63) is 64.7 Å². The Hall–Kier alpha value is -2.20. The van der Waals surface area contributed by atoms with Crippen molar-refractivity contribution in [2.45, 2.75) is 6.92 Å². The van der Waals surface area contributed by atoms with Gasteiger partial charge in [0.1, 0.15) is 11.0 Å². The summed E-state index contributed by atoms with van der Waals surface area (Å²) in [5, 5.41) is 3.08. The summed E-state index contributed by atoms with van der Waals surface area (Å²) >= 11 is 5.74. The van der Waals surface area contributed by atoms with E-state index in [4.69, 9.17) is 11.6 Å². The molecule has 0 bridgehead atoms. The Morgan fingerprint density at radius 1 is 1.25 bits per heavy atom. The van der Waals surface area contributed by atoms with Crippen molar-refractivity contribution in [2.75, 3.05) is 5.32 Å². The molecule has 0 radical (unpaired) electrons. The molecule has 5 heteroatoms. The molecule has 1 heterocycles. The summed E-state index contributed by atoms with van der Waals surface area (Å²) in [6, 6.07) is 9.15. The molecule has 0 saturated carbocycles. The van der Waals surface area contributed by atoms with Gasteiger partial charge in [0.15, 0.2) is 0 Å². The maximum absolute atomic E-state index is 12.7. The largest absolute Gasteiger partial charge is 0.321 e. The van der Waals surface area contributed by atoms with Gasteiger partial charge in [0.05, 0.1) is 11.4 Å². The van der Waals surface area contributed by atoms with Crippen LogP contribution in [0.4, 0.5) is 10.1 Å². The number of carbonyl (C=O) groups excluding carboxylic acids is 1. The molecule has 0 spiro atoms. The van der Waals surface area contributed by atoms with Crippen LogP contribution in [0.2, 0.25) is 5.15 Å². The Bertz CT molecular complexity index is 653. The third kappa shape index (κ3) is 3.90. The van der Waals surface area contributed by atoms with Gasteiger partial charge in [-0.2, -0.15) is 0 Å². The highest BCUT2D eigenvalue weighted by molar-refractivity contribution is 6.29. The molecule has 0 aliphatic heterocycles. The first-order chi connectivity index (χ1) is 9.54. The summed E-state index contributed by atoms with van der Waals surface area (Å²) in [5.74, 6) is -0.601. The average Bonchev–Trinajstić information content (AvgIpc) is 2.41. The van der Waals surface area contributed by atoms with Gasteiger partial charge in [-0.05, 0) is 42.8 Å². The number of carbonyl (C=O) groups is 1. The average molecular weight is 291 g/mol. The smallest absolute Gasteiger partial charge is 0.248 e. The number of anilines is 1. The molecule has 1 aromatic heterocycles. The lowest BCUT2D eigenvalue weighted by Crippen LogP contribution is -2.09. The molecule has 0 atom stereocenters. The SMILES string of the molecule is Cc1nc(Cl)ccc1NC(=O)/C=C/c1ccc(F)cc1. The van der Waals surface area contributed by atoms with E-state index in [1.165, 1.54) is 18.2 Å². The van der Waals surface area contributed by atoms with Crippen LogP contribution in [0.5, 0.6) is 0 Å². The van der Waals surface area contributed by atoms with Crippen molar-refractivity contribution in [1.29, 1.82) is 0 Å². The Morgan fingerprint density at radius 2 is 1.95 bits per heavy atom. The third-order valence-electron chi connectivity index (χ3n) is 2.61. The zero-order valence-electron chi connectivity index (χ0n) is 10.7. The van der Waals surface area contributed by atoms with Crippen LogP contribution in [-0.4, -0.2) is 10.9 Å². The quantitative estimate of drug-likeness (QED) is 0.689. The summed E-state index contributed by atoms with van der Waals surface area (Å²) < 4.78 is 12.7. The number of hydrogen-bond donors (Lipinski definition) is 1. The molecule has 0 aliphatic carbocycles. The molecule has 0 unspecified atom stereocenters. The van der Waals surface area contributed by atoms with Crippen LogP contribution in [0.1, 0.15) is 11.3 Å². The highest BCUT2D eigenvalue weighted by Crippen LogP contribution is 2.15. The molecule has 0 aliphatic rings. The number of hydrogen-bond acceptors (Lipinski definition) is 2. The molecular formula is C15H12ClFN2O. The van der Waals surface area contributed by atoms with E-state index in [9.17, 15) is 9.18 Å². The Balaban J connectivity index is 2.03. The van der Waals surface area contributed by atoms with Gasteiger partial charge in [0.25, 0.3) is 0 Å². The topological polar surface area (TPSA) is 42.0 Å². The molecule has 2 rings (SSSR count). The maximum Gasteiger partial charge on any atom is 0.248 e. The van der Waals surface area contributed by atoms with Crippen molar-refractivity contribution in [3.63, 3.8) is 0 Å². The van der Waals surface area contributed by atoms with Crippen molar-refractivity contribution in [2.24, 2.45) is 0 Å². The normalized spacial score (nSPS) is 10.8. The molecular weight excluding hydrogens is 279 g/mol. The Morgan fingerprint density at radius 3 is 2.60 bits per heavy atom. The lowest BCUT2D eigenvalue weighted by atomic mass is 10.2. The van der Waals surface area contributed by atoms with Gasteiger partial charge in [-0.15, -0.1) is 0 Å². The molecule has 0 saturated heterocycles. The van der Waals surface area contributed by atoms with Crippen molar-refractivity contribution < 1.29 is 9.18 Å². The Kier molecular flexibility index (Phi) is 4.48. The summed E-state index contributed by atoms with van der Waals surface area (Å²) in [5.41, 5.74) is 1.98. The standard InChI is InChI=1S/C15H12ClFN2O/c1-10-13(7-8-14(16)18-10)19-15(20)9-4-11-2-5-12(17)6-3-11/h2-9H,1H3,(H,19,20)/b9-4+. The summed E-state index contributed by atoms with van der Waals surface area (Å²) in [4.78, 5) is 15.8. The van der Waals surface area contributed by atoms with Gasteiger partial charge in [0.2, 0.25) is 5.91 Å². The fourth-order valence-electron chi connectivity index (χ4n) is 1.58. The number of rotatable bonds is 3. The van der Waals surface area contributed by atoms with Gasteiger partial charge >= 0.3 is 0 Å². The van der Waals surface area contributed by atoms with E-state index in [-0.39, 0.29) is 11.7 Å². The predicted molar refractivity (Wildman–Crippen MR) is 78.0 cm³/mol. The summed E-state index contributed by atoms with van der Waals surface area (Å²) in [6.45, 7) is 1.76. The molecule has 102 valence electrons. The molecule has 20 heavy (non-hydrogen) atoms. The lowest BCUT2D eigenvalue weighted by Gasteiger charge is -2.05. The molecule has 1 amide bonds. The number of halogens is 2. The van der Waals surface area contributed by atoms with Crippen LogP contribution in [-0.2, 0) is 4.79 Å². The minimum atomic E-state index is -0.311. The molecule has 1 aromatic carbocycles. The first-order valence-corrected chi connectivity index (χ1v) is 6.30. The highest BCUT2D eigenvalue weighted by atomic mass is 35.5. The zero-order valence-corrected chi connectivity index (χ0v) is 11.5. The zero-order chi connectivity index (χ0) is 14.5. The second-order valence-electron chi connectivity index (χ2n) is 4.14. The number of benzene rings is 1.